The number of carbonyl (C=O) groups excluding carboxylic acids is 1. The summed E-state index contributed by atoms with van der Waals surface area (Å²) in [5, 5.41) is -1.19. The monoisotopic (exact) mass is 447 g/mol. The molecular weight excluding hydrogens is 437 g/mol. The topological polar surface area (TPSA) is 40.5 Å². The number of esters is 1. The Bertz CT molecular complexity index is 868. The lowest BCUT2D eigenvalue weighted by Crippen LogP contribution is -2.23. The standard InChI is InChI=1S/C16H12Cl3F4NO3/c1-3-26-15(25)14(19)27-7-4-5-9(20)8(6-7)10-11(17)12(16(21,22)23)24(2)13(10)18/h4-6,14H,3H2,1-2H3. The van der Waals surface area contributed by atoms with Crippen LogP contribution in [-0.4, -0.2) is 22.7 Å². The van der Waals surface area contributed by atoms with Gasteiger partial charge in [0, 0.05) is 18.2 Å². The molecule has 11 heteroatoms. The molecule has 0 N–H and O–H groups in total. The maximum atomic E-state index is 14.3. The van der Waals surface area contributed by atoms with Crippen molar-refractivity contribution in [3.8, 4) is 16.9 Å². The van der Waals surface area contributed by atoms with Crippen LogP contribution in [0, 0.1) is 5.82 Å². The first kappa shape index (κ1) is 21.7. The Morgan fingerprint density at radius 1 is 1.30 bits per heavy atom. The van der Waals surface area contributed by atoms with E-state index in [1.54, 1.807) is 6.92 Å². The average Bonchev–Trinajstić information content (AvgIpc) is 2.79. The number of hydrogen-bond donors (Lipinski definition) is 0. The van der Waals surface area contributed by atoms with E-state index in [2.05, 4.69) is 4.74 Å². The van der Waals surface area contributed by atoms with Crippen LogP contribution in [0.5, 0.6) is 5.75 Å². The van der Waals surface area contributed by atoms with E-state index in [1.165, 1.54) is 0 Å². The van der Waals surface area contributed by atoms with Crippen molar-refractivity contribution in [2.24, 2.45) is 7.05 Å². The molecule has 0 spiro atoms. The Hall–Kier alpha value is -1.64. The number of nitrogens with zero attached hydrogens (tertiary/aromatic N) is 1. The first-order chi connectivity index (χ1) is 12.5. The summed E-state index contributed by atoms with van der Waals surface area (Å²) < 4.78 is 64.2. The Morgan fingerprint density at radius 2 is 1.93 bits per heavy atom. The van der Waals surface area contributed by atoms with Gasteiger partial charge in [-0.15, -0.1) is 0 Å². The number of hydrogen-bond acceptors (Lipinski definition) is 3. The van der Waals surface area contributed by atoms with E-state index in [0.29, 0.717) is 4.57 Å². The Balaban J connectivity index is 2.50. The molecule has 0 aliphatic heterocycles. The zero-order chi connectivity index (χ0) is 20.5. The van der Waals surface area contributed by atoms with Gasteiger partial charge < -0.3 is 14.0 Å². The molecule has 0 saturated heterocycles. The molecule has 1 aromatic heterocycles. The van der Waals surface area contributed by atoms with Crippen LogP contribution in [-0.2, 0) is 22.8 Å². The molecule has 1 heterocycles. The van der Waals surface area contributed by atoms with Crippen LogP contribution in [0.3, 0.4) is 0 Å². The van der Waals surface area contributed by atoms with Crippen LogP contribution in [0.4, 0.5) is 17.6 Å². The van der Waals surface area contributed by atoms with Gasteiger partial charge >= 0.3 is 12.1 Å². The normalized spacial score (nSPS) is 12.8. The summed E-state index contributed by atoms with van der Waals surface area (Å²) in [6.45, 7) is 1.63. The molecule has 0 aliphatic carbocycles. The second-order valence-electron chi connectivity index (χ2n) is 5.21. The fourth-order valence-corrected chi connectivity index (χ4v) is 3.23. The van der Waals surface area contributed by atoms with Crippen molar-refractivity contribution in [3.63, 3.8) is 0 Å². The van der Waals surface area contributed by atoms with Gasteiger partial charge in [-0.1, -0.05) is 34.8 Å². The third kappa shape index (κ3) is 4.44. The number of carbonyl (C=O) groups is 1. The minimum atomic E-state index is -4.80. The molecule has 0 saturated carbocycles. The van der Waals surface area contributed by atoms with E-state index in [0.717, 1.165) is 25.2 Å². The molecule has 0 aliphatic rings. The average molecular weight is 449 g/mol. The SMILES string of the molecule is CCOC(=O)C(Cl)Oc1ccc(F)c(-c2c(Cl)c(C(F)(F)F)n(C)c2Cl)c1. The summed E-state index contributed by atoms with van der Waals surface area (Å²) in [6.07, 6.45) is -4.80. The maximum absolute atomic E-state index is 14.3. The molecule has 1 unspecified atom stereocenters. The zero-order valence-corrected chi connectivity index (χ0v) is 16.1. The van der Waals surface area contributed by atoms with Gasteiger partial charge in [0.05, 0.1) is 11.6 Å². The molecule has 0 radical (unpaired) electrons. The molecule has 1 atom stereocenters. The lowest BCUT2D eigenvalue weighted by atomic mass is 10.1. The quantitative estimate of drug-likeness (QED) is 0.336. The Labute approximate surface area is 166 Å². The third-order valence-corrected chi connectivity index (χ3v) is 4.53. The van der Waals surface area contributed by atoms with Crippen LogP contribution in [0.2, 0.25) is 10.2 Å². The number of halogens is 7. The van der Waals surface area contributed by atoms with Crippen LogP contribution < -0.4 is 4.74 Å². The number of benzene rings is 1. The molecule has 27 heavy (non-hydrogen) atoms. The fraction of sp³-hybridized carbons (Fsp3) is 0.312. The summed E-state index contributed by atoms with van der Waals surface area (Å²) in [5.74, 6) is -1.86. The van der Waals surface area contributed by atoms with E-state index >= 15 is 0 Å². The van der Waals surface area contributed by atoms with Gasteiger partial charge in [-0.25, -0.2) is 9.18 Å². The summed E-state index contributed by atoms with van der Waals surface area (Å²) in [7, 11) is 1.05. The Morgan fingerprint density at radius 3 is 2.44 bits per heavy atom. The maximum Gasteiger partial charge on any atom is 0.432 e. The molecule has 148 valence electrons. The van der Waals surface area contributed by atoms with Gasteiger partial charge in [-0.2, -0.15) is 13.2 Å². The smallest absolute Gasteiger partial charge is 0.432 e. The molecule has 4 nitrogen and oxygen atoms in total. The molecule has 0 bridgehead atoms. The lowest BCUT2D eigenvalue weighted by Gasteiger charge is -2.13. The van der Waals surface area contributed by atoms with Gasteiger partial charge in [0.2, 0.25) is 0 Å². The van der Waals surface area contributed by atoms with E-state index in [4.69, 9.17) is 39.5 Å². The van der Waals surface area contributed by atoms with Crippen molar-refractivity contribution in [2.45, 2.75) is 18.7 Å². The van der Waals surface area contributed by atoms with E-state index in [-0.39, 0.29) is 23.5 Å². The highest BCUT2D eigenvalue weighted by atomic mass is 35.5. The van der Waals surface area contributed by atoms with Gasteiger partial charge in [0.1, 0.15) is 22.4 Å². The molecule has 0 amide bonds. The fourth-order valence-electron chi connectivity index (χ4n) is 2.31. The second-order valence-corrected chi connectivity index (χ2v) is 6.35. The van der Waals surface area contributed by atoms with Gasteiger partial charge in [0.15, 0.2) is 0 Å². The largest absolute Gasteiger partial charge is 0.463 e. The van der Waals surface area contributed by atoms with Crippen LogP contribution in [0.15, 0.2) is 18.2 Å². The first-order valence-corrected chi connectivity index (χ1v) is 8.56. The minimum Gasteiger partial charge on any atom is -0.463 e. The summed E-state index contributed by atoms with van der Waals surface area (Å²) in [5.41, 5.74) is -3.47. The molecule has 0 fully saturated rings. The van der Waals surface area contributed by atoms with Crippen LogP contribution in [0.1, 0.15) is 12.6 Å². The van der Waals surface area contributed by atoms with Crippen molar-refractivity contribution < 1.29 is 31.8 Å². The first-order valence-electron chi connectivity index (χ1n) is 7.37. The number of rotatable bonds is 5. The van der Waals surface area contributed by atoms with Gasteiger partial charge in [-0.05, 0) is 25.1 Å². The molecule has 1 aromatic carbocycles. The summed E-state index contributed by atoms with van der Waals surface area (Å²) in [4.78, 5) is 11.5. The van der Waals surface area contributed by atoms with Gasteiger partial charge in [0.25, 0.3) is 5.56 Å². The van der Waals surface area contributed by atoms with Crippen molar-refractivity contribution in [1.82, 2.24) is 4.57 Å². The van der Waals surface area contributed by atoms with Crippen LogP contribution in [0.25, 0.3) is 11.1 Å². The summed E-state index contributed by atoms with van der Waals surface area (Å²) >= 11 is 17.5. The molecular formula is C16H12Cl3F4NO3. The number of aromatic nitrogens is 1. The Kier molecular flexibility index (Phi) is 6.55. The third-order valence-electron chi connectivity index (χ3n) is 3.45. The van der Waals surface area contributed by atoms with E-state index in [1.807, 2.05) is 0 Å². The second kappa shape index (κ2) is 8.16. The van der Waals surface area contributed by atoms with Crippen LogP contribution >= 0.6 is 34.8 Å². The predicted molar refractivity (Wildman–Crippen MR) is 92.7 cm³/mol. The van der Waals surface area contributed by atoms with Crippen molar-refractivity contribution in [3.05, 3.63) is 39.9 Å². The minimum absolute atomic E-state index is 0.0650. The van der Waals surface area contributed by atoms with Crippen molar-refractivity contribution in [2.75, 3.05) is 6.61 Å². The lowest BCUT2D eigenvalue weighted by molar-refractivity contribution is -0.147. The highest BCUT2D eigenvalue weighted by molar-refractivity contribution is 6.39. The summed E-state index contributed by atoms with van der Waals surface area (Å²) in [6, 6.07) is 3.10. The number of alkyl halides is 4. The van der Waals surface area contributed by atoms with Crippen molar-refractivity contribution in [1.29, 1.82) is 0 Å². The highest BCUT2D eigenvalue weighted by Gasteiger charge is 2.40. The van der Waals surface area contributed by atoms with E-state index in [9.17, 15) is 22.4 Å². The molecule has 2 aromatic rings. The predicted octanol–water partition coefficient (Wildman–Crippen LogP) is 5.66. The highest BCUT2D eigenvalue weighted by Crippen LogP contribution is 2.46. The van der Waals surface area contributed by atoms with Gasteiger partial charge in [-0.3, -0.25) is 0 Å². The van der Waals surface area contributed by atoms with Crippen molar-refractivity contribution >= 4 is 40.8 Å². The zero-order valence-electron chi connectivity index (χ0n) is 13.8. The number of ether oxygens (including phenoxy) is 2. The molecule has 2 rings (SSSR count). The van der Waals surface area contributed by atoms with E-state index < -0.39 is 39.4 Å².